The van der Waals surface area contributed by atoms with Crippen LogP contribution in [0.2, 0.25) is 0 Å². The fraction of sp³-hybridized carbons (Fsp3) is 0.231. The molecule has 0 unspecified atom stereocenters. The van der Waals surface area contributed by atoms with E-state index in [1.54, 1.807) is 18.2 Å². The number of rotatable bonds is 18. The summed E-state index contributed by atoms with van der Waals surface area (Å²) in [4.78, 5) is 0. The quantitative estimate of drug-likeness (QED) is 0.114. The van der Waals surface area contributed by atoms with E-state index in [4.69, 9.17) is 14.2 Å². The zero-order valence-electron chi connectivity index (χ0n) is 24.4. The van der Waals surface area contributed by atoms with Crippen LogP contribution in [0.25, 0.3) is 0 Å². The Balaban J connectivity index is 1.81. The molecule has 0 N–H and O–H groups in total. The number of ether oxygens (including phenoxy) is 3. The van der Waals surface area contributed by atoms with E-state index in [0.717, 1.165) is 36.0 Å². The van der Waals surface area contributed by atoms with E-state index in [1.807, 2.05) is 18.2 Å². The third-order valence-corrected chi connectivity index (χ3v) is 7.15. The Kier molecular flexibility index (Phi) is 12.6. The SMILES string of the molecule is C=CCO[C@H](Cc1ccccc1)c1cc([C@@H](Cc2ccccc2)OCC=C)cc([C@@H](Cc2ccccc2)OCC=C)c1. The van der Waals surface area contributed by atoms with Gasteiger partial charge in [0.15, 0.2) is 0 Å². The van der Waals surface area contributed by atoms with Crippen molar-refractivity contribution in [1.82, 2.24) is 0 Å². The summed E-state index contributed by atoms with van der Waals surface area (Å²) >= 11 is 0. The molecule has 0 saturated carbocycles. The van der Waals surface area contributed by atoms with Crippen molar-refractivity contribution < 1.29 is 14.2 Å². The molecular formula is C39H42O3. The highest BCUT2D eigenvalue weighted by Gasteiger charge is 2.23. The van der Waals surface area contributed by atoms with Crippen LogP contribution < -0.4 is 0 Å². The molecule has 0 aliphatic rings. The van der Waals surface area contributed by atoms with Gasteiger partial charge < -0.3 is 14.2 Å². The summed E-state index contributed by atoms with van der Waals surface area (Å²) in [6, 6.07) is 38.1. The molecule has 3 nitrogen and oxygen atoms in total. The summed E-state index contributed by atoms with van der Waals surface area (Å²) in [5, 5.41) is 0. The average molecular weight is 559 g/mol. The molecule has 4 aromatic rings. The lowest BCUT2D eigenvalue weighted by Crippen LogP contribution is -2.15. The van der Waals surface area contributed by atoms with Gasteiger partial charge in [-0.3, -0.25) is 0 Å². The predicted octanol–water partition coefficient (Wildman–Crippen LogP) is 9.15. The van der Waals surface area contributed by atoms with Gasteiger partial charge >= 0.3 is 0 Å². The van der Waals surface area contributed by atoms with Crippen molar-refractivity contribution in [1.29, 1.82) is 0 Å². The summed E-state index contributed by atoms with van der Waals surface area (Å²) in [7, 11) is 0. The normalized spacial score (nSPS) is 13.1. The Hall–Kier alpha value is -4.02. The summed E-state index contributed by atoms with van der Waals surface area (Å²) in [5.41, 5.74) is 6.92. The molecule has 4 rings (SSSR count). The van der Waals surface area contributed by atoms with Crippen LogP contribution in [0.5, 0.6) is 0 Å². The molecule has 0 amide bonds. The first-order valence-electron chi connectivity index (χ1n) is 14.6. The fourth-order valence-corrected chi connectivity index (χ4v) is 5.12. The van der Waals surface area contributed by atoms with Crippen LogP contribution in [0.4, 0.5) is 0 Å². The van der Waals surface area contributed by atoms with Crippen LogP contribution in [-0.4, -0.2) is 19.8 Å². The van der Waals surface area contributed by atoms with Gasteiger partial charge in [-0.2, -0.15) is 0 Å². The van der Waals surface area contributed by atoms with Crippen LogP contribution in [0, 0.1) is 0 Å². The van der Waals surface area contributed by atoms with Crippen LogP contribution >= 0.6 is 0 Å². The minimum Gasteiger partial charge on any atom is -0.369 e. The summed E-state index contributed by atoms with van der Waals surface area (Å²) in [6.45, 7) is 13.1. The third kappa shape index (κ3) is 9.53. The second kappa shape index (κ2) is 17.1. The van der Waals surface area contributed by atoms with Gasteiger partial charge in [-0.25, -0.2) is 0 Å². The fourth-order valence-electron chi connectivity index (χ4n) is 5.12. The summed E-state index contributed by atoms with van der Waals surface area (Å²) in [6.07, 6.45) is 7.13. The Morgan fingerprint density at radius 2 is 0.690 bits per heavy atom. The lowest BCUT2D eigenvalue weighted by Gasteiger charge is -2.26. The zero-order chi connectivity index (χ0) is 29.4. The molecule has 216 valence electrons. The molecule has 42 heavy (non-hydrogen) atoms. The first kappa shape index (κ1) is 30.9. The molecule has 0 radical (unpaired) electrons. The molecule has 0 saturated heterocycles. The van der Waals surface area contributed by atoms with Crippen molar-refractivity contribution in [2.75, 3.05) is 19.8 Å². The average Bonchev–Trinajstić information content (AvgIpc) is 3.04. The van der Waals surface area contributed by atoms with E-state index in [9.17, 15) is 0 Å². The maximum atomic E-state index is 6.42. The maximum Gasteiger partial charge on any atom is 0.0869 e. The van der Waals surface area contributed by atoms with Gasteiger partial charge in [0.2, 0.25) is 0 Å². The highest BCUT2D eigenvalue weighted by atomic mass is 16.5. The third-order valence-electron chi connectivity index (χ3n) is 7.15. The van der Waals surface area contributed by atoms with Gasteiger partial charge in [-0.05, 0) is 33.4 Å². The highest BCUT2D eigenvalue weighted by Crippen LogP contribution is 2.34. The maximum absolute atomic E-state index is 6.42. The molecule has 4 aromatic carbocycles. The van der Waals surface area contributed by atoms with E-state index >= 15 is 0 Å². The van der Waals surface area contributed by atoms with E-state index in [0.29, 0.717) is 19.8 Å². The highest BCUT2D eigenvalue weighted by molar-refractivity contribution is 5.37. The van der Waals surface area contributed by atoms with Gasteiger partial charge in [0.1, 0.15) is 0 Å². The first-order valence-corrected chi connectivity index (χ1v) is 14.6. The molecule has 0 aromatic heterocycles. The molecule has 0 heterocycles. The van der Waals surface area contributed by atoms with Crippen molar-refractivity contribution in [2.24, 2.45) is 0 Å². The molecule has 0 spiro atoms. The minimum atomic E-state index is -0.169. The molecular weight excluding hydrogens is 516 g/mol. The Labute approximate surface area is 251 Å². The molecule has 0 aliphatic carbocycles. The van der Waals surface area contributed by atoms with Crippen LogP contribution in [0.1, 0.15) is 51.7 Å². The summed E-state index contributed by atoms with van der Waals surface area (Å²) < 4.78 is 19.3. The van der Waals surface area contributed by atoms with Crippen molar-refractivity contribution in [3.8, 4) is 0 Å². The first-order chi connectivity index (χ1) is 20.7. The van der Waals surface area contributed by atoms with Gasteiger partial charge in [0.05, 0.1) is 38.1 Å². The number of hydrogen-bond acceptors (Lipinski definition) is 3. The van der Waals surface area contributed by atoms with Crippen molar-refractivity contribution in [3.63, 3.8) is 0 Å². The van der Waals surface area contributed by atoms with Crippen molar-refractivity contribution in [2.45, 2.75) is 37.6 Å². The topological polar surface area (TPSA) is 27.7 Å². The number of benzene rings is 4. The van der Waals surface area contributed by atoms with Crippen LogP contribution in [0.15, 0.2) is 147 Å². The Morgan fingerprint density at radius 3 is 0.929 bits per heavy atom. The van der Waals surface area contributed by atoms with E-state index in [-0.39, 0.29) is 18.3 Å². The van der Waals surface area contributed by atoms with Gasteiger partial charge in [0.25, 0.3) is 0 Å². The number of hydrogen-bond donors (Lipinski definition) is 0. The van der Waals surface area contributed by atoms with E-state index < -0.39 is 0 Å². The smallest absolute Gasteiger partial charge is 0.0869 e. The van der Waals surface area contributed by atoms with E-state index in [2.05, 4.69) is 111 Å². The van der Waals surface area contributed by atoms with Gasteiger partial charge in [0, 0.05) is 19.3 Å². The predicted molar refractivity (Wildman–Crippen MR) is 174 cm³/mol. The molecule has 0 bridgehead atoms. The lowest BCUT2D eigenvalue weighted by molar-refractivity contribution is 0.0648. The summed E-state index contributed by atoms with van der Waals surface area (Å²) in [5.74, 6) is 0. The van der Waals surface area contributed by atoms with Gasteiger partial charge in [-0.1, -0.05) is 127 Å². The van der Waals surface area contributed by atoms with Gasteiger partial charge in [-0.15, -0.1) is 19.7 Å². The van der Waals surface area contributed by atoms with Crippen molar-refractivity contribution >= 4 is 0 Å². The Bertz CT molecular complexity index is 1180. The monoisotopic (exact) mass is 558 g/mol. The lowest BCUT2D eigenvalue weighted by atomic mass is 9.90. The van der Waals surface area contributed by atoms with Crippen LogP contribution in [-0.2, 0) is 33.5 Å². The van der Waals surface area contributed by atoms with E-state index in [1.165, 1.54) is 16.7 Å². The molecule has 3 atom stereocenters. The Morgan fingerprint density at radius 1 is 0.429 bits per heavy atom. The second-order valence-electron chi connectivity index (χ2n) is 10.3. The minimum absolute atomic E-state index is 0.169. The van der Waals surface area contributed by atoms with Crippen LogP contribution in [0.3, 0.4) is 0 Å². The second-order valence-corrected chi connectivity index (χ2v) is 10.3. The molecule has 3 heteroatoms. The largest absolute Gasteiger partial charge is 0.369 e. The molecule has 0 fully saturated rings. The standard InChI is InChI=1S/C39H42O3/c1-4-22-40-37(25-31-16-10-7-11-17-31)34-28-35(38(41-23-5-2)26-32-18-12-8-13-19-32)30-36(29-34)39(42-24-6-3)27-33-20-14-9-15-21-33/h4-21,28-30,37-39H,1-3,22-27H2/t37-,38-,39-/m1/s1. The zero-order valence-corrected chi connectivity index (χ0v) is 24.4. The van der Waals surface area contributed by atoms with Crippen molar-refractivity contribution in [3.05, 3.63) is 181 Å². The molecule has 0 aliphatic heterocycles.